The van der Waals surface area contributed by atoms with Gasteiger partial charge in [0.25, 0.3) is 17.5 Å². The van der Waals surface area contributed by atoms with Crippen LogP contribution >= 0.6 is 11.6 Å². The van der Waals surface area contributed by atoms with Crippen LogP contribution in [0.1, 0.15) is 15.9 Å². The van der Waals surface area contributed by atoms with Crippen LogP contribution in [0.3, 0.4) is 0 Å². The van der Waals surface area contributed by atoms with Gasteiger partial charge < -0.3 is 15.4 Å². The van der Waals surface area contributed by atoms with Crippen molar-refractivity contribution in [1.29, 1.82) is 0 Å². The lowest BCUT2D eigenvalue weighted by molar-refractivity contribution is -0.384. The molecule has 13 heteroatoms. The van der Waals surface area contributed by atoms with E-state index in [1.165, 1.54) is 12.1 Å². The number of nitro benzene ring substituents is 1. The van der Waals surface area contributed by atoms with Gasteiger partial charge in [0.15, 0.2) is 6.61 Å². The zero-order chi connectivity index (χ0) is 23.2. The summed E-state index contributed by atoms with van der Waals surface area (Å²) in [6.45, 7) is -1.38. The van der Waals surface area contributed by atoms with Crippen LogP contribution < -0.4 is 10.6 Å². The lowest BCUT2D eigenvalue weighted by Crippen LogP contribution is -2.32. The molecule has 0 aliphatic rings. The molecule has 0 spiro atoms. The van der Waals surface area contributed by atoms with Crippen LogP contribution in [0.5, 0.6) is 0 Å². The number of amides is 2. The topological polar surface area (TPSA) is 128 Å². The van der Waals surface area contributed by atoms with Gasteiger partial charge in [0.2, 0.25) is 0 Å². The SMILES string of the molecule is O=C(COC(=O)CNC(=O)c1ccc(C(F)(F)F)cc1)Nc1ccc(Cl)c([N+](=O)[O-])c1. The van der Waals surface area contributed by atoms with Crippen LogP contribution in [0, 0.1) is 10.1 Å². The van der Waals surface area contributed by atoms with Gasteiger partial charge in [0.05, 0.1) is 10.5 Å². The first kappa shape index (κ1) is 23.6. The minimum Gasteiger partial charge on any atom is -0.454 e. The number of rotatable bonds is 7. The van der Waals surface area contributed by atoms with Crippen molar-refractivity contribution in [2.75, 3.05) is 18.5 Å². The Labute approximate surface area is 177 Å². The van der Waals surface area contributed by atoms with Crippen molar-refractivity contribution in [3.05, 3.63) is 68.7 Å². The molecule has 2 N–H and O–H groups in total. The highest BCUT2D eigenvalue weighted by atomic mass is 35.5. The summed E-state index contributed by atoms with van der Waals surface area (Å²) in [7, 11) is 0. The highest BCUT2D eigenvalue weighted by Crippen LogP contribution is 2.29. The summed E-state index contributed by atoms with van der Waals surface area (Å²) in [6, 6.07) is 6.87. The van der Waals surface area contributed by atoms with Crippen molar-refractivity contribution in [2.24, 2.45) is 0 Å². The van der Waals surface area contributed by atoms with Crippen molar-refractivity contribution in [3.63, 3.8) is 0 Å². The van der Waals surface area contributed by atoms with Gasteiger partial charge >= 0.3 is 12.1 Å². The van der Waals surface area contributed by atoms with Crippen LogP contribution in [-0.2, 0) is 20.5 Å². The van der Waals surface area contributed by atoms with Crippen molar-refractivity contribution in [1.82, 2.24) is 5.32 Å². The maximum atomic E-state index is 12.5. The molecule has 31 heavy (non-hydrogen) atoms. The number of benzene rings is 2. The van der Waals surface area contributed by atoms with Crippen LogP contribution in [0.2, 0.25) is 5.02 Å². The Balaban J connectivity index is 1.80. The summed E-state index contributed by atoms with van der Waals surface area (Å²) in [6.07, 6.45) is -4.55. The number of alkyl halides is 3. The number of nitrogens with one attached hydrogen (secondary N) is 2. The Kier molecular flexibility index (Phi) is 7.53. The highest BCUT2D eigenvalue weighted by Gasteiger charge is 2.30. The first-order chi connectivity index (χ1) is 14.5. The van der Waals surface area contributed by atoms with E-state index >= 15 is 0 Å². The third kappa shape index (κ3) is 6.96. The third-order valence-electron chi connectivity index (χ3n) is 3.66. The number of nitro groups is 1. The Morgan fingerprint density at radius 1 is 1.10 bits per heavy atom. The maximum Gasteiger partial charge on any atom is 0.416 e. The number of hydrogen-bond acceptors (Lipinski definition) is 6. The molecule has 2 amide bonds. The summed E-state index contributed by atoms with van der Waals surface area (Å²) in [4.78, 5) is 45.4. The Bertz CT molecular complexity index is 1010. The molecule has 0 aliphatic carbocycles. The second kappa shape index (κ2) is 9.89. The normalized spacial score (nSPS) is 10.8. The van der Waals surface area contributed by atoms with Gasteiger partial charge in [-0.05, 0) is 36.4 Å². The number of carbonyl (C=O) groups is 3. The van der Waals surface area contributed by atoms with Gasteiger partial charge in [-0.2, -0.15) is 13.2 Å². The first-order valence-corrected chi connectivity index (χ1v) is 8.70. The molecular weight excluding hydrogens is 447 g/mol. The van der Waals surface area contributed by atoms with E-state index in [0.29, 0.717) is 0 Å². The zero-order valence-corrected chi connectivity index (χ0v) is 16.1. The predicted octanol–water partition coefficient (Wildman–Crippen LogP) is 3.18. The van der Waals surface area contributed by atoms with Crippen LogP contribution in [0.25, 0.3) is 0 Å². The molecule has 2 aromatic carbocycles. The monoisotopic (exact) mass is 459 g/mol. The minimum absolute atomic E-state index is 0.0488. The Morgan fingerprint density at radius 2 is 1.74 bits per heavy atom. The average molecular weight is 460 g/mol. The number of halogens is 4. The minimum atomic E-state index is -4.55. The molecule has 0 saturated heterocycles. The molecule has 0 unspecified atom stereocenters. The lowest BCUT2D eigenvalue weighted by Gasteiger charge is -2.09. The standard InChI is InChI=1S/C18H13ClF3N3O6/c19-13-6-5-12(7-14(13)25(29)30)24-15(26)9-31-16(27)8-23-17(28)10-1-3-11(4-2-10)18(20,21)22/h1-7H,8-9H2,(H,23,28)(H,24,26). The highest BCUT2D eigenvalue weighted by molar-refractivity contribution is 6.32. The van der Waals surface area contributed by atoms with E-state index in [4.69, 9.17) is 11.6 Å². The summed E-state index contributed by atoms with van der Waals surface area (Å²) >= 11 is 5.65. The van der Waals surface area contributed by atoms with Gasteiger partial charge in [-0.25, -0.2) is 0 Å². The van der Waals surface area contributed by atoms with Crippen LogP contribution in [-0.4, -0.2) is 35.9 Å². The van der Waals surface area contributed by atoms with E-state index in [2.05, 4.69) is 15.4 Å². The predicted molar refractivity (Wildman–Crippen MR) is 101 cm³/mol. The molecular formula is C18H13ClF3N3O6. The molecule has 0 heterocycles. The fraction of sp³-hybridized carbons (Fsp3) is 0.167. The molecule has 9 nitrogen and oxygen atoms in total. The quantitative estimate of drug-likeness (QED) is 0.372. The van der Waals surface area contributed by atoms with Gasteiger partial charge in [0.1, 0.15) is 11.6 Å². The second-order valence-corrected chi connectivity index (χ2v) is 6.30. The van der Waals surface area contributed by atoms with Gasteiger partial charge in [-0.15, -0.1) is 0 Å². The van der Waals surface area contributed by atoms with E-state index in [9.17, 15) is 37.7 Å². The number of carbonyl (C=O) groups excluding carboxylic acids is 3. The molecule has 0 fully saturated rings. The van der Waals surface area contributed by atoms with Crippen LogP contribution in [0.4, 0.5) is 24.5 Å². The number of nitrogens with zero attached hydrogens (tertiary/aromatic N) is 1. The molecule has 2 aromatic rings. The molecule has 164 valence electrons. The van der Waals surface area contributed by atoms with E-state index in [1.54, 1.807) is 0 Å². The fourth-order valence-electron chi connectivity index (χ4n) is 2.19. The number of anilines is 1. The van der Waals surface area contributed by atoms with Gasteiger partial charge in [-0.1, -0.05) is 11.6 Å². The second-order valence-electron chi connectivity index (χ2n) is 5.89. The summed E-state index contributed by atoms with van der Waals surface area (Å²) in [5.41, 5.74) is -1.42. The Morgan fingerprint density at radius 3 is 2.32 bits per heavy atom. The largest absolute Gasteiger partial charge is 0.454 e. The number of hydrogen-bond donors (Lipinski definition) is 2. The number of esters is 1. The zero-order valence-electron chi connectivity index (χ0n) is 15.4. The fourth-order valence-corrected chi connectivity index (χ4v) is 2.38. The molecule has 0 saturated carbocycles. The van der Waals surface area contributed by atoms with E-state index in [1.807, 2.05) is 0 Å². The van der Waals surface area contributed by atoms with Gasteiger partial charge in [-0.3, -0.25) is 24.5 Å². The molecule has 0 aromatic heterocycles. The molecule has 0 aliphatic heterocycles. The molecule has 0 bridgehead atoms. The molecule has 0 atom stereocenters. The smallest absolute Gasteiger partial charge is 0.416 e. The van der Waals surface area contributed by atoms with Crippen molar-refractivity contribution in [3.8, 4) is 0 Å². The van der Waals surface area contributed by atoms with Crippen molar-refractivity contribution >= 4 is 40.8 Å². The summed E-state index contributed by atoms with van der Waals surface area (Å²) < 4.78 is 42.2. The summed E-state index contributed by atoms with van der Waals surface area (Å²) in [5, 5.41) is 15.1. The number of ether oxygens (including phenoxy) is 1. The molecule has 2 rings (SSSR count). The van der Waals surface area contributed by atoms with Gasteiger partial charge in [0, 0.05) is 17.3 Å². The van der Waals surface area contributed by atoms with Crippen molar-refractivity contribution in [2.45, 2.75) is 6.18 Å². The van der Waals surface area contributed by atoms with Crippen molar-refractivity contribution < 1.29 is 37.2 Å². The average Bonchev–Trinajstić information content (AvgIpc) is 2.71. The van der Waals surface area contributed by atoms with Crippen LogP contribution in [0.15, 0.2) is 42.5 Å². The summed E-state index contributed by atoms with van der Waals surface area (Å²) in [5.74, 6) is -2.61. The van der Waals surface area contributed by atoms with E-state index in [0.717, 1.165) is 30.3 Å². The molecule has 0 radical (unpaired) electrons. The van der Waals surface area contributed by atoms with E-state index in [-0.39, 0.29) is 16.3 Å². The Hall–Kier alpha value is -3.67. The first-order valence-electron chi connectivity index (χ1n) is 8.32. The van der Waals surface area contributed by atoms with E-state index < -0.39 is 53.3 Å². The lowest BCUT2D eigenvalue weighted by atomic mass is 10.1. The maximum absolute atomic E-state index is 12.5. The third-order valence-corrected chi connectivity index (χ3v) is 3.98.